The number of aryl methyl sites for hydroxylation is 1. The van der Waals surface area contributed by atoms with Gasteiger partial charge in [-0.3, -0.25) is 4.90 Å². The Morgan fingerprint density at radius 3 is 2.36 bits per heavy atom. The van der Waals surface area contributed by atoms with Gasteiger partial charge in [-0.1, -0.05) is 18.2 Å². The summed E-state index contributed by atoms with van der Waals surface area (Å²) in [5.74, 6) is -0.969. The lowest BCUT2D eigenvalue weighted by Gasteiger charge is -2.26. The molecule has 2 aromatic carbocycles. The molecule has 3 nitrogen and oxygen atoms in total. The molecule has 0 atom stereocenters. The largest absolute Gasteiger partial charge is 0.489 e. The summed E-state index contributed by atoms with van der Waals surface area (Å²) >= 11 is 0. The van der Waals surface area contributed by atoms with Crippen molar-refractivity contribution in [3.63, 3.8) is 0 Å². The number of benzene rings is 2. The van der Waals surface area contributed by atoms with Crippen LogP contribution in [-0.4, -0.2) is 37.7 Å². The molecule has 0 bridgehead atoms. The van der Waals surface area contributed by atoms with Crippen LogP contribution in [0.4, 0.5) is 8.78 Å². The van der Waals surface area contributed by atoms with Crippen LogP contribution in [0.5, 0.6) is 5.75 Å². The Morgan fingerprint density at radius 2 is 1.64 bits per heavy atom. The molecule has 134 valence electrons. The molecular formula is C20H23F2NO2. The van der Waals surface area contributed by atoms with Crippen molar-refractivity contribution in [1.82, 2.24) is 4.90 Å². The Morgan fingerprint density at radius 1 is 0.920 bits per heavy atom. The Labute approximate surface area is 147 Å². The maximum Gasteiger partial charge on any atom is 0.159 e. The SMILES string of the molecule is Fc1ccc(COc2ccc(CCCN3CCOCC3)cc2)cc1F. The highest BCUT2D eigenvalue weighted by Gasteiger charge is 2.09. The molecule has 0 radical (unpaired) electrons. The van der Waals surface area contributed by atoms with Crippen molar-refractivity contribution < 1.29 is 18.3 Å². The maximum atomic E-state index is 13.2. The van der Waals surface area contributed by atoms with Gasteiger partial charge < -0.3 is 9.47 Å². The average Bonchev–Trinajstić information content (AvgIpc) is 2.65. The second-order valence-electron chi connectivity index (χ2n) is 6.24. The molecule has 1 fully saturated rings. The minimum atomic E-state index is -0.850. The van der Waals surface area contributed by atoms with E-state index in [4.69, 9.17) is 9.47 Å². The van der Waals surface area contributed by atoms with E-state index in [-0.39, 0.29) is 6.61 Å². The number of hydrogen-bond donors (Lipinski definition) is 0. The molecule has 0 amide bonds. The molecule has 0 aliphatic carbocycles. The first-order chi connectivity index (χ1) is 12.2. The number of rotatable bonds is 7. The molecule has 2 aromatic rings. The van der Waals surface area contributed by atoms with Gasteiger partial charge in [0.1, 0.15) is 12.4 Å². The lowest BCUT2D eigenvalue weighted by molar-refractivity contribution is 0.0374. The van der Waals surface area contributed by atoms with Crippen LogP contribution in [0.1, 0.15) is 17.5 Å². The second kappa shape index (κ2) is 8.92. The third-order valence-corrected chi connectivity index (χ3v) is 4.36. The van der Waals surface area contributed by atoms with E-state index in [1.807, 2.05) is 12.1 Å². The van der Waals surface area contributed by atoms with Crippen LogP contribution in [0.25, 0.3) is 0 Å². The molecule has 5 heteroatoms. The third kappa shape index (κ3) is 5.51. The second-order valence-corrected chi connectivity index (χ2v) is 6.24. The first kappa shape index (κ1) is 17.8. The molecule has 1 aliphatic heterocycles. The molecule has 3 rings (SSSR count). The van der Waals surface area contributed by atoms with Gasteiger partial charge in [0.2, 0.25) is 0 Å². The van der Waals surface area contributed by atoms with Gasteiger partial charge in [0.25, 0.3) is 0 Å². The average molecular weight is 347 g/mol. The van der Waals surface area contributed by atoms with Crippen LogP contribution in [0.15, 0.2) is 42.5 Å². The first-order valence-corrected chi connectivity index (χ1v) is 8.66. The zero-order valence-electron chi connectivity index (χ0n) is 14.2. The summed E-state index contributed by atoms with van der Waals surface area (Å²) < 4.78 is 37.1. The quantitative estimate of drug-likeness (QED) is 0.760. The number of halogens is 2. The molecule has 25 heavy (non-hydrogen) atoms. The Hall–Kier alpha value is -1.98. The topological polar surface area (TPSA) is 21.7 Å². The normalized spacial score (nSPS) is 15.3. The molecular weight excluding hydrogens is 324 g/mol. The highest BCUT2D eigenvalue weighted by Crippen LogP contribution is 2.16. The molecule has 0 saturated carbocycles. The van der Waals surface area contributed by atoms with Crippen molar-refractivity contribution in [3.05, 3.63) is 65.2 Å². The monoisotopic (exact) mass is 347 g/mol. The van der Waals surface area contributed by atoms with E-state index in [0.29, 0.717) is 5.56 Å². The summed E-state index contributed by atoms with van der Waals surface area (Å²) in [7, 11) is 0. The van der Waals surface area contributed by atoms with E-state index in [9.17, 15) is 8.78 Å². The third-order valence-electron chi connectivity index (χ3n) is 4.36. The predicted octanol–water partition coefficient (Wildman–Crippen LogP) is 3.81. The Bertz CT molecular complexity index is 670. The smallest absolute Gasteiger partial charge is 0.159 e. The van der Waals surface area contributed by atoms with E-state index in [1.54, 1.807) is 0 Å². The highest BCUT2D eigenvalue weighted by atomic mass is 19.2. The molecule has 1 saturated heterocycles. The van der Waals surface area contributed by atoms with Crippen LogP contribution in [0.2, 0.25) is 0 Å². The van der Waals surface area contributed by atoms with Crippen LogP contribution >= 0.6 is 0 Å². The van der Waals surface area contributed by atoms with Gasteiger partial charge in [-0.25, -0.2) is 8.78 Å². The lowest BCUT2D eigenvalue weighted by Crippen LogP contribution is -2.36. The molecule has 0 unspecified atom stereocenters. The molecule has 0 aromatic heterocycles. The minimum Gasteiger partial charge on any atom is -0.489 e. The van der Waals surface area contributed by atoms with Gasteiger partial charge >= 0.3 is 0 Å². The van der Waals surface area contributed by atoms with E-state index < -0.39 is 11.6 Å². The van der Waals surface area contributed by atoms with E-state index in [2.05, 4.69) is 17.0 Å². The van der Waals surface area contributed by atoms with E-state index in [1.165, 1.54) is 11.6 Å². The van der Waals surface area contributed by atoms with Crippen molar-refractivity contribution in [3.8, 4) is 5.75 Å². The zero-order chi connectivity index (χ0) is 17.5. The van der Waals surface area contributed by atoms with Gasteiger partial charge in [0.15, 0.2) is 11.6 Å². The Balaban J connectivity index is 1.42. The molecule has 1 heterocycles. The van der Waals surface area contributed by atoms with Crippen molar-refractivity contribution in [2.45, 2.75) is 19.4 Å². The lowest BCUT2D eigenvalue weighted by atomic mass is 10.1. The summed E-state index contributed by atoms with van der Waals surface area (Å²) in [4.78, 5) is 2.43. The molecule has 0 spiro atoms. The van der Waals surface area contributed by atoms with Crippen molar-refractivity contribution in [2.24, 2.45) is 0 Å². The van der Waals surface area contributed by atoms with Crippen molar-refractivity contribution >= 4 is 0 Å². The first-order valence-electron chi connectivity index (χ1n) is 8.66. The van der Waals surface area contributed by atoms with Crippen LogP contribution in [0.3, 0.4) is 0 Å². The number of ether oxygens (including phenoxy) is 2. The van der Waals surface area contributed by atoms with Crippen LogP contribution in [-0.2, 0) is 17.8 Å². The summed E-state index contributed by atoms with van der Waals surface area (Å²) in [5.41, 5.74) is 1.88. The summed E-state index contributed by atoms with van der Waals surface area (Å²) in [6, 6.07) is 11.8. The Kier molecular flexibility index (Phi) is 6.36. The fourth-order valence-corrected chi connectivity index (χ4v) is 2.88. The van der Waals surface area contributed by atoms with E-state index >= 15 is 0 Å². The predicted molar refractivity (Wildman–Crippen MR) is 92.7 cm³/mol. The van der Waals surface area contributed by atoms with Gasteiger partial charge in [-0.05, 0) is 54.8 Å². The summed E-state index contributed by atoms with van der Waals surface area (Å²) in [6.07, 6.45) is 2.15. The number of hydrogen-bond acceptors (Lipinski definition) is 3. The maximum absolute atomic E-state index is 13.2. The fraction of sp³-hybridized carbons (Fsp3) is 0.400. The summed E-state index contributed by atoms with van der Waals surface area (Å²) in [6.45, 7) is 5.03. The van der Waals surface area contributed by atoms with Crippen LogP contribution < -0.4 is 4.74 Å². The molecule has 0 N–H and O–H groups in total. The number of morpholine rings is 1. The van der Waals surface area contributed by atoms with Crippen molar-refractivity contribution in [2.75, 3.05) is 32.8 Å². The van der Waals surface area contributed by atoms with Gasteiger partial charge in [0, 0.05) is 13.1 Å². The van der Waals surface area contributed by atoms with Crippen molar-refractivity contribution in [1.29, 1.82) is 0 Å². The molecule has 1 aliphatic rings. The highest BCUT2D eigenvalue weighted by molar-refractivity contribution is 5.28. The van der Waals surface area contributed by atoms with Gasteiger partial charge in [-0.2, -0.15) is 0 Å². The van der Waals surface area contributed by atoms with E-state index in [0.717, 1.165) is 63.6 Å². The standard InChI is InChI=1S/C20H23F2NO2/c21-19-8-5-17(14-20(19)22)15-25-18-6-3-16(4-7-18)2-1-9-23-10-12-24-13-11-23/h3-8,14H,1-2,9-13,15H2. The minimum absolute atomic E-state index is 0.216. The fourth-order valence-electron chi connectivity index (χ4n) is 2.88. The van der Waals surface area contributed by atoms with Gasteiger partial charge in [-0.15, -0.1) is 0 Å². The number of nitrogens with zero attached hydrogens (tertiary/aromatic N) is 1. The van der Waals surface area contributed by atoms with Crippen LogP contribution in [0, 0.1) is 11.6 Å². The zero-order valence-corrected chi connectivity index (χ0v) is 14.2. The van der Waals surface area contributed by atoms with Gasteiger partial charge in [0.05, 0.1) is 13.2 Å². The summed E-state index contributed by atoms with van der Waals surface area (Å²) in [5, 5.41) is 0.